The Morgan fingerprint density at radius 1 is 1.03 bits per heavy atom. The fourth-order valence-corrected chi connectivity index (χ4v) is 4.16. The molecule has 2 amide bonds. The van der Waals surface area contributed by atoms with Gasteiger partial charge in [0.15, 0.2) is 0 Å². The fourth-order valence-electron chi connectivity index (χ4n) is 4.16. The van der Waals surface area contributed by atoms with Gasteiger partial charge in [-0.15, -0.1) is 0 Å². The Bertz CT molecular complexity index is 978. The summed E-state index contributed by atoms with van der Waals surface area (Å²) in [5.74, 6) is 0.131. The second-order valence-electron chi connectivity index (χ2n) is 7.86. The van der Waals surface area contributed by atoms with Gasteiger partial charge >= 0.3 is 0 Å². The molecule has 0 aliphatic carbocycles. The molecule has 2 aliphatic heterocycles. The molecule has 7 nitrogen and oxygen atoms in total. The van der Waals surface area contributed by atoms with Crippen molar-refractivity contribution in [2.24, 2.45) is 0 Å². The van der Waals surface area contributed by atoms with Crippen molar-refractivity contribution in [2.75, 3.05) is 19.7 Å². The van der Waals surface area contributed by atoms with Gasteiger partial charge in [-0.3, -0.25) is 19.5 Å². The van der Waals surface area contributed by atoms with E-state index in [0.29, 0.717) is 42.2 Å². The number of pyridine rings is 1. The zero-order valence-electron chi connectivity index (χ0n) is 18.1. The van der Waals surface area contributed by atoms with Crippen molar-refractivity contribution in [3.05, 3.63) is 65.6 Å². The maximum Gasteiger partial charge on any atom is 0.278 e. The van der Waals surface area contributed by atoms with Gasteiger partial charge in [-0.25, -0.2) is 0 Å². The molecule has 2 atom stereocenters. The molecule has 7 heteroatoms. The Morgan fingerprint density at radius 2 is 1.74 bits per heavy atom. The number of hydrogen-bond acceptors (Lipinski definition) is 6. The average Bonchev–Trinajstić information content (AvgIpc) is 2.99. The predicted octanol–water partition coefficient (Wildman–Crippen LogP) is 2.87. The lowest BCUT2D eigenvalue weighted by Gasteiger charge is -2.37. The minimum atomic E-state index is -0.304. The van der Waals surface area contributed by atoms with Crippen LogP contribution >= 0.6 is 0 Å². The molecule has 4 rings (SSSR count). The van der Waals surface area contributed by atoms with Crippen LogP contribution in [0.5, 0.6) is 5.75 Å². The number of carbonyl (C=O) groups excluding carboxylic acids is 2. The molecule has 0 N–H and O–H groups in total. The molecule has 162 valence electrons. The lowest BCUT2D eigenvalue weighted by atomic mass is 10.0. The summed E-state index contributed by atoms with van der Waals surface area (Å²) in [6, 6.07) is 12.8. The third-order valence-electron chi connectivity index (χ3n) is 5.38. The van der Waals surface area contributed by atoms with Gasteiger partial charge in [-0.1, -0.05) is 18.2 Å². The van der Waals surface area contributed by atoms with Crippen molar-refractivity contribution in [2.45, 2.75) is 39.5 Å². The highest BCUT2D eigenvalue weighted by molar-refractivity contribution is 6.35. The van der Waals surface area contributed by atoms with Gasteiger partial charge in [0.05, 0.1) is 36.6 Å². The van der Waals surface area contributed by atoms with E-state index < -0.39 is 0 Å². The van der Waals surface area contributed by atoms with Crippen LogP contribution in [-0.4, -0.2) is 58.5 Å². The quantitative estimate of drug-likeness (QED) is 0.668. The van der Waals surface area contributed by atoms with Crippen LogP contribution < -0.4 is 4.74 Å². The Kier molecular flexibility index (Phi) is 6.04. The molecule has 31 heavy (non-hydrogen) atoms. The second kappa shape index (κ2) is 8.89. The smallest absolute Gasteiger partial charge is 0.278 e. The molecule has 3 heterocycles. The third-order valence-corrected chi connectivity index (χ3v) is 5.38. The zero-order chi connectivity index (χ0) is 22.0. The Labute approximate surface area is 182 Å². The summed E-state index contributed by atoms with van der Waals surface area (Å²) in [5, 5.41) is 0. The van der Waals surface area contributed by atoms with Crippen molar-refractivity contribution >= 4 is 17.4 Å². The van der Waals surface area contributed by atoms with Crippen LogP contribution in [-0.2, 0) is 20.9 Å². The van der Waals surface area contributed by atoms with Crippen LogP contribution in [0.3, 0.4) is 0 Å². The van der Waals surface area contributed by atoms with E-state index in [4.69, 9.17) is 9.47 Å². The van der Waals surface area contributed by atoms with Crippen molar-refractivity contribution in [1.29, 1.82) is 0 Å². The summed E-state index contributed by atoms with van der Waals surface area (Å²) in [5.41, 5.74) is 2.23. The first-order valence-corrected chi connectivity index (χ1v) is 10.6. The highest BCUT2D eigenvalue weighted by Gasteiger charge is 2.43. The normalized spacial score (nSPS) is 21.8. The van der Waals surface area contributed by atoms with Crippen LogP contribution in [0.2, 0.25) is 0 Å². The van der Waals surface area contributed by atoms with Gasteiger partial charge in [-0.05, 0) is 50.6 Å². The van der Waals surface area contributed by atoms with Crippen LogP contribution in [0.1, 0.15) is 32.0 Å². The number of aromatic nitrogens is 1. The molecular weight excluding hydrogens is 394 g/mol. The van der Waals surface area contributed by atoms with Gasteiger partial charge in [0.2, 0.25) is 0 Å². The number of amides is 2. The second-order valence-corrected chi connectivity index (χ2v) is 7.86. The van der Waals surface area contributed by atoms with Gasteiger partial charge < -0.3 is 14.4 Å². The van der Waals surface area contributed by atoms with Crippen LogP contribution in [0.4, 0.5) is 0 Å². The van der Waals surface area contributed by atoms with E-state index in [1.54, 1.807) is 6.20 Å². The van der Waals surface area contributed by atoms with Gasteiger partial charge in [0.1, 0.15) is 11.4 Å². The van der Waals surface area contributed by atoms with E-state index >= 15 is 0 Å². The molecule has 1 fully saturated rings. The minimum Gasteiger partial charge on any atom is -0.494 e. The van der Waals surface area contributed by atoms with Crippen molar-refractivity contribution in [3.8, 4) is 5.75 Å². The standard InChI is InChI=1S/C24H27N3O4/c1-4-30-20-10-8-18(9-11-20)21-22(26-13-16(2)31-17(3)14-26)24(29)27(23(21)28)15-19-7-5-6-12-25-19/h5-12,16-17H,4,13-15H2,1-3H3. The van der Waals surface area contributed by atoms with E-state index in [0.717, 1.165) is 5.75 Å². The molecule has 1 aromatic heterocycles. The molecule has 1 saturated heterocycles. The molecule has 2 unspecified atom stereocenters. The maximum absolute atomic E-state index is 13.5. The number of rotatable bonds is 6. The number of benzene rings is 1. The van der Waals surface area contributed by atoms with E-state index in [9.17, 15) is 9.59 Å². The molecule has 2 aliphatic rings. The minimum absolute atomic E-state index is 0.0365. The van der Waals surface area contributed by atoms with Crippen LogP contribution in [0, 0.1) is 0 Å². The number of nitrogens with zero attached hydrogens (tertiary/aromatic N) is 3. The van der Waals surface area contributed by atoms with Crippen molar-refractivity contribution < 1.29 is 19.1 Å². The van der Waals surface area contributed by atoms with Gasteiger partial charge in [-0.2, -0.15) is 0 Å². The van der Waals surface area contributed by atoms with E-state index in [-0.39, 0.29) is 30.6 Å². The molecule has 0 saturated carbocycles. The number of carbonyl (C=O) groups is 2. The van der Waals surface area contributed by atoms with Crippen LogP contribution in [0.25, 0.3) is 5.57 Å². The van der Waals surface area contributed by atoms with E-state index in [2.05, 4.69) is 4.98 Å². The van der Waals surface area contributed by atoms with Crippen LogP contribution in [0.15, 0.2) is 54.4 Å². The predicted molar refractivity (Wildman–Crippen MR) is 116 cm³/mol. The van der Waals surface area contributed by atoms with Crippen molar-refractivity contribution in [3.63, 3.8) is 0 Å². The molecular formula is C24H27N3O4. The highest BCUT2D eigenvalue weighted by Crippen LogP contribution is 2.34. The first kappa shape index (κ1) is 21.1. The van der Waals surface area contributed by atoms with Crippen molar-refractivity contribution in [1.82, 2.24) is 14.8 Å². The van der Waals surface area contributed by atoms with E-state index in [1.165, 1.54) is 4.90 Å². The van der Waals surface area contributed by atoms with E-state index in [1.807, 2.05) is 68.1 Å². The van der Waals surface area contributed by atoms with Gasteiger partial charge in [0, 0.05) is 19.3 Å². The average molecular weight is 421 g/mol. The summed E-state index contributed by atoms with van der Waals surface area (Å²) in [6.07, 6.45) is 1.59. The summed E-state index contributed by atoms with van der Waals surface area (Å²) < 4.78 is 11.4. The first-order valence-electron chi connectivity index (χ1n) is 10.6. The fraction of sp³-hybridized carbons (Fsp3) is 0.375. The SMILES string of the molecule is CCOc1ccc(C2=C(N3CC(C)OC(C)C3)C(=O)N(Cc3ccccn3)C2=O)cc1. The molecule has 0 spiro atoms. The number of ether oxygens (including phenoxy) is 2. The topological polar surface area (TPSA) is 72.0 Å². The summed E-state index contributed by atoms with van der Waals surface area (Å²) in [4.78, 5) is 34.5. The monoisotopic (exact) mass is 421 g/mol. The third kappa shape index (κ3) is 4.32. The first-order chi connectivity index (χ1) is 15.0. The highest BCUT2D eigenvalue weighted by atomic mass is 16.5. The Hall–Kier alpha value is -3.19. The lowest BCUT2D eigenvalue weighted by Crippen LogP contribution is -2.46. The summed E-state index contributed by atoms with van der Waals surface area (Å²) >= 11 is 0. The number of morpholine rings is 1. The summed E-state index contributed by atoms with van der Waals surface area (Å²) in [7, 11) is 0. The molecule has 0 bridgehead atoms. The zero-order valence-corrected chi connectivity index (χ0v) is 18.1. The Balaban J connectivity index is 1.73. The summed E-state index contributed by atoms with van der Waals surface area (Å²) in [6.45, 7) is 7.68. The number of imide groups is 1. The molecule has 1 aromatic carbocycles. The maximum atomic E-state index is 13.5. The van der Waals surface area contributed by atoms with Gasteiger partial charge in [0.25, 0.3) is 11.8 Å². The molecule has 2 aromatic rings. The largest absolute Gasteiger partial charge is 0.494 e. The number of hydrogen-bond donors (Lipinski definition) is 0. The molecule has 0 radical (unpaired) electrons. The lowest BCUT2D eigenvalue weighted by molar-refractivity contribution is -0.139. The Morgan fingerprint density at radius 3 is 2.35 bits per heavy atom.